The number of fused-ring (bicyclic) bond motifs is 2. The van der Waals surface area contributed by atoms with Crippen molar-refractivity contribution in [3.8, 4) is 22.8 Å². The Morgan fingerprint density at radius 1 is 1.00 bits per heavy atom. The third-order valence-electron chi connectivity index (χ3n) is 5.28. The summed E-state index contributed by atoms with van der Waals surface area (Å²) in [6.45, 7) is 2.93. The molecule has 4 aromatic rings. The first-order valence-corrected chi connectivity index (χ1v) is 9.93. The highest BCUT2D eigenvalue weighted by Gasteiger charge is 2.22. The van der Waals surface area contributed by atoms with Gasteiger partial charge in [-0.1, -0.05) is 42.5 Å². The highest BCUT2D eigenvalue weighted by Crippen LogP contribution is 2.34. The van der Waals surface area contributed by atoms with Gasteiger partial charge in [0.05, 0.1) is 5.92 Å². The van der Waals surface area contributed by atoms with Crippen LogP contribution in [0.4, 0.5) is 5.82 Å². The number of benzene rings is 2. The number of pyridine rings is 1. The van der Waals surface area contributed by atoms with Crippen LogP contribution in [0.3, 0.4) is 0 Å². The Morgan fingerprint density at radius 3 is 2.60 bits per heavy atom. The minimum atomic E-state index is -0.376. The molecule has 6 nitrogen and oxygen atoms in total. The van der Waals surface area contributed by atoms with Crippen LogP contribution in [0.2, 0.25) is 0 Å². The Balaban J connectivity index is 1.49. The van der Waals surface area contributed by atoms with Gasteiger partial charge in [-0.2, -0.15) is 0 Å². The summed E-state index contributed by atoms with van der Waals surface area (Å²) in [5, 5.41) is 3.10. The molecule has 1 N–H and O–H groups in total. The van der Waals surface area contributed by atoms with Crippen LogP contribution in [0.1, 0.15) is 18.4 Å². The van der Waals surface area contributed by atoms with E-state index in [0.29, 0.717) is 30.5 Å². The van der Waals surface area contributed by atoms with Crippen LogP contribution in [-0.2, 0) is 4.79 Å². The van der Waals surface area contributed by atoms with Crippen LogP contribution in [0.25, 0.3) is 16.9 Å². The molecule has 1 aliphatic heterocycles. The van der Waals surface area contributed by atoms with Crippen molar-refractivity contribution < 1.29 is 14.3 Å². The van der Waals surface area contributed by atoms with Crippen molar-refractivity contribution in [3.63, 3.8) is 0 Å². The number of hydrogen-bond acceptors (Lipinski definition) is 4. The Kier molecular flexibility index (Phi) is 4.59. The minimum absolute atomic E-state index is 0.116. The molecule has 2 aromatic heterocycles. The number of nitrogens with one attached hydrogen (secondary N) is 1. The maximum Gasteiger partial charge on any atom is 0.232 e. The summed E-state index contributed by atoms with van der Waals surface area (Å²) in [4.78, 5) is 17.9. The predicted molar refractivity (Wildman–Crippen MR) is 115 cm³/mol. The number of carbonyl (C=O) groups is 1. The number of carbonyl (C=O) groups excluding carboxylic acids is 1. The van der Waals surface area contributed by atoms with Gasteiger partial charge >= 0.3 is 0 Å². The summed E-state index contributed by atoms with van der Waals surface area (Å²) >= 11 is 0. The van der Waals surface area contributed by atoms with Crippen molar-refractivity contribution in [1.29, 1.82) is 0 Å². The van der Waals surface area contributed by atoms with Gasteiger partial charge in [0.2, 0.25) is 5.91 Å². The first-order chi connectivity index (χ1) is 14.7. The molecule has 0 fully saturated rings. The average molecular weight is 399 g/mol. The topological polar surface area (TPSA) is 64.9 Å². The molecule has 0 aliphatic carbocycles. The van der Waals surface area contributed by atoms with Crippen LogP contribution in [-0.4, -0.2) is 28.5 Å². The highest BCUT2D eigenvalue weighted by molar-refractivity contribution is 5.98. The molecule has 3 heterocycles. The largest absolute Gasteiger partial charge is 0.486 e. The lowest BCUT2D eigenvalue weighted by atomic mass is 9.99. The zero-order valence-electron chi connectivity index (χ0n) is 16.5. The SMILES string of the molecule is CC(C(=O)Nc1c(-c2ccccc2)nc2ccccn12)c1ccc2c(c1)OCCO2. The maximum atomic E-state index is 13.2. The van der Waals surface area contributed by atoms with Crippen molar-refractivity contribution in [2.24, 2.45) is 0 Å². The van der Waals surface area contributed by atoms with Crippen LogP contribution < -0.4 is 14.8 Å². The van der Waals surface area contributed by atoms with E-state index in [1.54, 1.807) is 0 Å². The summed E-state index contributed by atoms with van der Waals surface area (Å²) in [6.07, 6.45) is 1.90. The molecule has 2 aromatic carbocycles. The van der Waals surface area contributed by atoms with Crippen molar-refractivity contribution in [2.45, 2.75) is 12.8 Å². The van der Waals surface area contributed by atoms with E-state index in [4.69, 9.17) is 14.5 Å². The number of nitrogens with zero attached hydrogens (tertiary/aromatic N) is 2. The van der Waals surface area contributed by atoms with E-state index < -0.39 is 0 Å². The summed E-state index contributed by atoms with van der Waals surface area (Å²) in [5.74, 6) is 1.56. The number of imidazole rings is 1. The van der Waals surface area contributed by atoms with Gasteiger partial charge in [0, 0.05) is 11.8 Å². The van der Waals surface area contributed by atoms with E-state index in [0.717, 1.165) is 22.5 Å². The third-order valence-corrected chi connectivity index (χ3v) is 5.28. The van der Waals surface area contributed by atoms with Gasteiger partial charge in [0.15, 0.2) is 11.5 Å². The lowest BCUT2D eigenvalue weighted by Crippen LogP contribution is -2.21. The number of rotatable bonds is 4. The Hall–Kier alpha value is -3.80. The fourth-order valence-electron chi connectivity index (χ4n) is 3.62. The van der Waals surface area contributed by atoms with Gasteiger partial charge in [-0.25, -0.2) is 4.98 Å². The van der Waals surface area contributed by atoms with Gasteiger partial charge in [-0.15, -0.1) is 0 Å². The van der Waals surface area contributed by atoms with Gasteiger partial charge in [0.25, 0.3) is 0 Å². The van der Waals surface area contributed by atoms with Gasteiger partial charge in [-0.3, -0.25) is 9.20 Å². The lowest BCUT2D eigenvalue weighted by Gasteiger charge is -2.20. The molecule has 5 rings (SSSR count). The molecule has 1 atom stereocenters. The van der Waals surface area contributed by atoms with Crippen LogP contribution in [0, 0.1) is 0 Å². The Morgan fingerprint density at radius 2 is 1.77 bits per heavy atom. The normalized spacial score (nSPS) is 13.8. The second-order valence-corrected chi connectivity index (χ2v) is 7.22. The number of ether oxygens (including phenoxy) is 2. The number of anilines is 1. The summed E-state index contributed by atoms with van der Waals surface area (Å²) in [7, 11) is 0. The Bertz CT molecular complexity index is 1220. The van der Waals surface area contributed by atoms with E-state index in [1.807, 2.05) is 84.3 Å². The molecule has 0 radical (unpaired) electrons. The Labute approximate surface area is 174 Å². The first kappa shape index (κ1) is 18.2. The van der Waals surface area contributed by atoms with Crippen molar-refractivity contribution in [2.75, 3.05) is 18.5 Å². The van der Waals surface area contributed by atoms with Gasteiger partial charge < -0.3 is 14.8 Å². The van der Waals surface area contributed by atoms with Gasteiger partial charge in [0.1, 0.15) is 30.4 Å². The molecule has 0 saturated heterocycles. The number of hydrogen-bond donors (Lipinski definition) is 1. The average Bonchev–Trinajstić information content (AvgIpc) is 3.17. The fraction of sp³-hybridized carbons (Fsp3) is 0.167. The van der Waals surface area contributed by atoms with Crippen molar-refractivity contribution in [1.82, 2.24) is 9.38 Å². The van der Waals surface area contributed by atoms with Crippen LogP contribution >= 0.6 is 0 Å². The molecule has 6 heteroatoms. The smallest absolute Gasteiger partial charge is 0.232 e. The van der Waals surface area contributed by atoms with Crippen molar-refractivity contribution >= 4 is 17.4 Å². The fourth-order valence-corrected chi connectivity index (χ4v) is 3.62. The molecule has 30 heavy (non-hydrogen) atoms. The summed E-state index contributed by atoms with van der Waals surface area (Å²) in [6, 6.07) is 21.3. The second-order valence-electron chi connectivity index (χ2n) is 7.22. The zero-order chi connectivity index (χ0) is 20.5. The number of amides is 1. The van der Waals surface area contributed by atoms with E-state index in [-0.39, 0.29) is 11.8 Å². The molecular weight excluding hydrogens is 378 g/mol. The third kappa shape index (κ3) is 3.26. The van der Waals surface area contributed by atoms with E-state index in [9.17, 15) is 4.79 Å². The van der Waals surface area contributed by atoms with Crippen molar-refractivity contribution in [3.05, 3.63) is 78.5 Å². The molecule has 1 unspecified atom stereocenters. The zero-order valence-corrected chi connectivity index (χ0v) is 16.5. The van der Waals surface area contributed by atoms with Crippen LogP contribution in [0.15, 0.2) is 72.9 Å². The maximum absolute atomic E-state index is 13.2. The quantitative estimate of drug-likeness (QED) is 0.548. The van der Waals surface area contributed by atoms with Crippen LogP contribution in [0.5, 0.6) is 11.5 Å². The molecule has 0 spiro atoms. The molecule has 0 bridgehead atoms. The summed E-state index contributed by atoms with van der Waals surface area (Å²) < 4.78 is 13.1. The van der Waals surface area contributed by atoms with E-state index in [2.05, 4.69) is 5.32 Å². The lowest BCUT2D eigenvalue weighted by molar-refractivity contribution is -0.117. The highest BCUT2D eigenvalue weighted by atomic mass is 16.6. The number of aromatic nitrogens is 2. The molecule has 1 amide bonds. The molecule has 150 valence electrons. The van der Waals surface area contributed by atoms with E-state index >= 15 is 0 Å². The first-order valence-electron chi connectivity index (χ1n) is 9.93. The predicted octanol–water partition coefficient (Wildman–Crippen LogP) is 4.51. The molecular formula is C24H21N3O3. The summed E-state index contributed by atoms with van der Waals surface area (Å²) in [5.41, 5.74) is 3.33. The molecule has 0 saturated carbocycles. The monoisotopic (exact) mass is 399 g/mol. The van der Waals surface area contributed by atoms with E-state index in [1.165, 1.54) is 0 Å². The van der Waals surface area contributed by atoms with Gasteiger partial charge in [-0.05, 0) is 36.8 Å². The standard InChI is InChI=1S/C24H21N3O3/c1-16(18-10-11-19-20(15-18)30-14-13-29-19)24(28)26-23-22(17-7-3-2-4-8-17)25-21-9-5-6-12-27(21)23/h2-12,15-16H,13-14H2,1H3,(H,26,28). The second kappa shape index (κ2) is 7.55. The minimum Gasteiger partial charge on any atom is -0.486 e. The molecule has 1 aliphatic rings.